The maximum atomic E-state index is 11.6. The van der Waals surface area contributed by atoms with Gasteiger partial charge in [0.05, 0.1) is 12.4 Å². The molecule has 1 aromatic heterocycles. The summed E-state index contributed by atoms with van der Waals surface area (Å²) in [4.78, 5) is 19.4. The van der Waals surface area contributed by atoms with Crippen LogP contribution < -0.4 is 10.1 Å². The van der Waals surface area contributed by atoms with E-state index in [0.29, 0.717) is 18.3 Å². The number of amides is 1. The van der Waals surface area contributed by atoms with E-state index >= 15 is 0 Å². The van der Waals surface area contributed by atoms with Crippen LogP contribution in [-0.4, -0.2) is 28.2 Å². The number of nitrogens with one attached hydrogen (secondary N) is 2. The van der Waals surface area contributed by atoms with Gasteiger partial charge in [-0.15, -0.1) is 11.8 Å². The Balaban J connectivity index is 1.79. The van der Waals surface area contributed by atoms with E-state index in [4.69, 9.17) is 4.74 Å². The number of thioether (sulfide) groups is 1. The highest BCUT2D eigenvalue weighted by Gasteiger charge is 2.05. The van der Waals surface area contributed by atoms with Crippen LogP contribution in [-0.2, 0) is 4.79 Å². The van der Waals surface area contributed by atoms with Crippen LogP contribution in [0.25, 0.3) is 0 Å². The quantitative estimate of drug-likeness (QED) is 0.796. The number of aromatic nitrogens is 2. The number of anilines is 1. The molecule has 0 fully saturated rings. The summed E-state index contributed by atoms with van der Waals surface area (Å²) >= 11 is 1.47. The highest BCUT2D eigenvalue weighted by Crippen LogP contribution is 2.21. The number of rotatable bonds is 6. The fourth-order valence-electron chi connectivity index (χ4n) is 1.45. The molecule has 0 unspecified atom stereocenters. The number of hydrogen-bond acceptors (Lipinski definition) is 4. The van der Waals surface area contributed by atoms with Gasteiger partial charge in [-0.25, -0.2) is 4.98 Å². The van der Waals surface area contributed by atoms with E-state index < -0.39 is 0 Å². The summed E-state index contributed by atoms with van der Waals surface area (Å²) in [5, 5.41) is 2.67. The van der Waals surface area contributed by atoms with E-state index in [0.717, 1.165) is 10.6 Å². The third-order valence-electron chi connectivity index (χ3n) is 2.26. The SMILES string of the molecule is CCOc1ccc(SCC(=O)Nc2ncc[nH]2)cc1. The molecule has 0 saturated heterocycles. The fraction of sp³-hybridized carbons (Fsp3) is 0.231. The van der Waals surface area contributed by atoms with Gasteiger partial charge in [-0.05, 0) is 31.2 Å². The van der Waals surface area contributed by atoms with E-state index in [9.17, 15) is 4.79 Å². The van der Waals surface area contributed by atoms with Gasteiger partial charge in [0.2, 0.25) is 11.9 Å². The molecule has 0 bridgehead atoms. The van der Waals surface area contributed by atoms with Crippen molar-refractivity contribution in [1.29, 1.82) is 0 Å². The van der Waals surface area contributed by atoms with Gasteiger partial charge in [-0.2, -0.15) is 0 Å². The summed E-state index contributed by atoms with van der Waals surface area (Å²) in [5.41, 5.74) is 0. The van der Waals surface area contributed by atoms with Crippen LogP contribution in [0.15, 0.2) is 41.6 Å². The van der Waals surface area contributed by atoms with Crippen molar-refractivity contribution in [3.05, 3.63) is 36.7 Å². The summed E-state index contributed by atoms with van der Waals surface area (Å²) in [5.74, 6) is 1.56. The first-order valence-electron chi connectivity index (χ1n) is 5.93. The number of aromatic amines is 1. The maximum absolute atomic E-state index is 11.6. The number of H-pyrrole nitrogens is 1. The average molecular weight is 277 g/mol. The van der Waals surface area contributed by atoms with Crippen LogP contribution in [0.5, 0.6) is 5.75 Å². The lowest BCUT2D eigenvalue weighted by atomic mass is 10.3. The predicted molar refractivity (Wildman–Crippen MR) is 75.6 cm³/mol. The minimum atomic E-state index is -0.0890. The van der Waals surface area contributed by atoms with Gasteiger partial charge in [0.1, 0.15) is 5.75 Å². The van der Waals surface area contributed by atoms with Crippen molar-refractivity contribution in [2.45, 2.75) is 11.8 Å². The molecule has 100 valence electrons. The lowest BCUT2D eigenvalue weighted by molar-refractivity contribution is -0.113. The van der Waals surface area contributed by atoms with E-state index in [1.807, 2.05) is 31.2 Å². The second-order valence-corrected chi connectivity index (χ2v) is 4.73. The molecule has 1 amide bonds. The molecule has 2 aromatic rings. The summed E-state index contributed by atoms with van der Waals surface area (Å²) < 4.78 is 5.36. The first-order chi connectivity index (χ1) is 9.28. The van der Waals surface area contributed by atoms with Gasteiger partial charge in [-0.3, -0.25) is 10.1 Å². The van der Waals surface area contributed by atoms with Crippen LogP contribution in [0.3, 0.4) is 0 Å². The maximum Gasteiger partial charge on any atom is 0.237 e. The number of imidazole rings is 1. The molecule has 6 heteroatoms. The van der Waals surface area contributed by atoms with E-state index in [2.05, 4.69) is 15.3 Å². The number of hydrogen-bond donors (Lipinski definition) is 2. The largest absolute Gasteiger partial charge is 0.494 e. The summed E-state index contributed by atoms with van der Waals surface area (Å²) in [6.07, 6.45) is 3.25. The summed E-state index contributed by atoms with van der Waals surface area (Å²) in [6, 6.07) is 7.68. The molecule has 0 radical (unpaired) electrons. The zero-order valence-corrected chi connectivity index (χ0v) is 11.4. The van der Waals surface area contributed by atoms with Crippen molar-refractivity contribution >= 4 is 23.6 Å². The molecule has 1 aromatic carbocycles. The van der Waals surface area contributed by atoms with Crippen LogP contribution in [0.1, 0.15) is 6.92 Å². The number of benzene rings is 1. The summed E-state index contributed by atoms with van der Waals surface area (Å²) in [6.45, 7) is 2.60. The van der Waals surface area contributed by atoms with Gasteiger partial charge in [0, 0.05) is 17.3 Å². The standard InChI is InChI=1S/C13H15N3O2S/c1-2-18-10-3-5-11(6-4-10)19-9-12(17)16-13-14-7-8-15-13/h3-8H,2,9H2,1H3,(H2,14,15,16,17). The van der Waals surface area contributed by atoms with Crippen molar-refractivity contribution in [1.82, 2.24) is 9.97 Å². The molecule has 0 aliphatic carbocycles. The fourth-order valence-corrected chi connectivity index (χ4v) is 2.15. The van der Waals surface area contributed by atoms with Crippen LogP contribution in [0.4, 0.5) is 5.95 Å². The smallest absolute Gasteiger partial charge is 0.237 e. The Morgan fingerprint density at radius 2 is 2.21 bits per heavy atom. The summed E-state index contributed by atoms with van der Waals surface area (Å²) in [7, 11) is 0. The second-order valence-electron chi connectivity index (χ2n) is 3.68. The third kappa shape index (κ3) is 4.33. The lowest BCUT2D eigenvalue weighted by Gasteiger charge is -2.05. The zero-order valence-electron chi connectivity index (χ0n) is 10.6. The number of nitrogens with zero attached hydrogens (tertiary/aromatic N) is 1. The zero-order chi connectivity index (χ0) is 13.5. The van der Waals surface area contributed by atoms with Gasteiger partial charge >= 0.3 is 0 Å². The second kappa shape index (κ2) is 6.84. The lowest BCUT2D eigenvalue weighted by Crippen LogP contribution is -2.14. The molecule has 0 aliphatic rings. The van der Waals surface area contributed by atoms with E-state index in [-0.39, 0.29) is 5.91 Å². The molecule has 0 atom stereocenters. The Kier molecular flexibility index (Phi) is 4.85. The molecular formula is C13H15N3O2S. The molecule has 5 nitrogen and oxygen atoms in total. The van der Waals surface area contributed by atoms with E-state index in [1.165, 1.54) is 11.8 Å². The van der Waals surface area contributed by atoms with Crippen molar-refractivity contribution in [3.63, 3.8) is 0 Å². The Hall–Kier alpha value is -1.95. The van der Waals surface area contributed by atoms with Gasteiger partial charge in [-0.1, -0.05) is 0 Å². The first kappa shape index (κ1) is 13.5. The molecule has 0 saturated carbocycles. The molecule has 2 N–H and O–H groups in total. The topological polar surface area (TPSA) is 67.0 Å². The first-order valence-corrected chi connectivity index (χ1v) is 6.91. The Labute approximate surface area is 115 Å². The number of carbonyl (C=O) groups is 1. The number of ether oxygens (including phenoxy) is 1. The Morgan fingerprint density at radius 3 is 2.84 bits per heavy atom. The normalized spacial score (nSPS) is 10.2. The van der Waals surface area contributed by atoms with Crippen LogP contribution >= 0.6 is 11.8 Å². The monoisotopic (exact) mass is 277 g/mol. The minimum Gasteiger partial charge on any atom is -0.494 e. The van der Waals surface area contributed by atoms with Crippen LogP contribution in [0, 0.1) is 0 Å². The predicted octanol–water partition coefficient (Wildman–Crippen LogP) is 2.54. The minimum absolute atomic E-state index is 0.0890. The van der Waals surface area contributed by atoms with Gasteiger partial charge in [0.25, 0.3) is 0 Å². The molecule has 2 rings (SSSR count). The molecule has 19 heavy (non-hydrogen) atoms. The molecule has 0 aliphatic heterocycles. The molecular weight excluding hydrogens is 262 g/mol. The Morgan fingerprint density at radius 1 is 1.42 bits per heavy atom. The number of carbonyl (C=O) groups excluding carboxylic acids is 1. The van der Waals surface area contributed by atoms with Crippen LogP contribution in [0.2, 0.25) is 0 Å². The van der Waals surface area contributed by atoms with Gasteiger partial charge in [0.15, 0.2) is 0 Å². The van der Waals surface area contributed by atoms with Crippen molar-refractivity contribution < 1.29 is 9.53 Å². The molecule has 0 spiro atoms. The highest BCUT2D eigenvalue weighted by molar-refractivity contribution is 8.00. The van der Waals surface area contributed by atoms with Crippen molar-refractivity contribution in [2.24, 2.45) is 0 Å². The molecule has 1 heterocycles. The average Bonchev–Trinajstić information content (AvgIpc) is 2.91. The van der Waals surface area contributed by atoms with E-state index in [1.54, 1.807) is 12.4 Å². The Bertz CT molecular complexity index is 511. The van der Waals surface area contributed by atoms with Crippen molar-refractivity contribution in [2.75, 3.05) is 17.7 Å². The highest BCUT2D eigenvalue weighted by atomic mass is 32.2. The van der Waals surface area contributed by atoms with Crippen molar-refractivity contribution in [3.8, 4) is 5.75 Å². The third-order valence-corrected chi connectivity index (χ3v) is 3.27. The van der Waals surface area contributed by atoms with Gasteiger partial charge < -0.3 is 9.72 Å².